The number of nitrogens with zero attached hydrogens (tertiary/aromatic N) is 5. The number of rotatable bonds is 4. The van der Waals surface area contributed by atoms with Crippen molar-refractivity contribution in [3.63, 3.8) is 0 Å². The van der Waals surface area contributed by atoms with Gasteiger partial charge in [0.2, 0.25) is 0 Å². The van der Waals surface area contributed by atoms with E-state index >= 15 is 0 Å². The predicted molar refractivity (Wildman–Crippen MR) is 132 cm³/mol. The highest BCUT2D eigenvalue weighted by Gasteiger charge is 2.29. The van der Waals surface area contributed by atoms with Crippen molar-refractivity contribution in [3.8, 4) is 17.3 Å². The number of aromatic nitrogens is 5. The Bertz CT molecular complexity index is 1580. The third kappa shape index (κ3) is 3.48. The third-order valence-corrected chi connectivity index (χ3v) is 7.15. The van der Waals surface area contributed by atoms with Crippen LogP contribution in [0.2, 0.25) is 0 Å². The van der Waals surface area contributed by atoms with E-state index in [4.69, 9.17) is 14.5 Å². The maximum absolute atomic E-state index is 13.6. The van der Waals surface area contributed by atoms with E-state index in [1.54, 1.807) is 10.9 Å². The summed E-state index contributed by atoms with van der Waals surface area (Å²) in [5.41, 5.74) is 3.57. The summed E-state index contributed by atoms with van der Waals surface area (Å²) < 4.78 is 14.0. The lowest BCUT2D eigenvalue weighted by atomic mass is 10.1. The smallest absolute Gasteiger partial charge is 0.258 e. The zero-order valence-electron chi connectivity index (χ0n) is 18.8. The molecule has 9 nitrogen and oxygen atoms in total. The molecule has 5 heterocycles. The first kappa shape index (κ1) is 20.3. The van der Waals surface area contributed by atoms with Crippen molar-refractivity contribution in [3.05, 3.63) is 59.5 Å². The van der Waals surface area contributed by atoms with Crippen LogP contribution >= 0.6 is 11.3 Å². The van der Waals surface area contributed by atoms with Gasteiger partial charge in [-0.2, -0.15) is 9.78 Å². The number of hydrogen-bond donors (Lipinski definition) is 1. The zero-order valence-corrected chi connectivity index (χ0v) is 19.6. The number of anilines is 1. The summed E-state index contributed by atoms with van der Waals surface area (Å²) >= 11 is 1.40. The second-order valence-electron chi connectivity index (χ2n) is 8.69. The topological polar surface area (TPSA) is 104 Å². The quantitative estimate of drug-likeness (QED) is 0.396. The van der Waals surface area contributed by atoms with Gasteiger partial charge in [-0.15, -0.1) is 0 Å². The number of ether oxygens (including phenoxy) is 2. The van der Waals surface area contributed by atoms with Crippen LogP contribution in [0.1, 0.15) is 40.5 Å². The van der Waals surface area contributed by atoms with Crippen LogP contribution < -0.4 is 14.8 Å². The van der Waals surface area contributed by atoms with Crippen LogP contribution in [0.5, 0.6) is 11.5 Å². The number of nitrogens with one attached hydrogen (secondary N) is 1. The molecule has 0 unspecified atom stereocenters. The minimum absolute atomic E-state index is 0.237. The molecule has 4 aromatic heterocycles. The maximum atomic E-state index is 13.6. The Labute approximate surface area is 203 Å². The van der Waals surface area contributed by atoms with Crippen molar-refractivity contribution in [2.75, 3.05) is 18.5 Å². The maximum Gasteiger partial charge on any atom is 0.258 e. The fraction of sp³-hybridized carbons (Fsp3) is 0.240. The first-order valence-electron chi connectivity index (χ1n) is 11.5. The molecule has 1 amide bonds. The molecule has 1 aliphatic carbocycles. The average Bonchev–Trinajstić information content (AvgIpc) is 3.58. The van der Waals surface area contributed by atoms with Crippen LogP contribution in [0.25, 0.3) is 27.1 Å². The number of fused-ring (bicyclic) bond motifs is 3. The Hall–Kier alpha value is -4.05. The second-order valence-corrected chi connectivity index (χ2v) is 9.72. The summed E-state index contributed by atoms with van der Waals surface area (Å²) in [6.45, 7) is 2.92. The van der Waals surface area contributed by atoms with Gasteiger partial charge in [-0.3, -0.25) is 10.1 Å². The molecular formula is C25H20N6O3S. The summed E-state index contributed by atoms with van der Waals surface area (Å²) in [6, 6.07) is 11.3. The predicted octanol–water partition coefficient (Wildman–Crippen LogP) is 4.63. The number of aryl methyl sites for hydroxylation is 1. The SMILES string of the molecule is Cc1nn(-c2ccccn2)c2nc(C3CC3)cc(C(=O)Nc3nc4cc5c(cc4s3)OCCO5)c12. The van der Waals surface area contributed by atoms with Gasteiger partial charge in [0, 0.05) is 29.9 Å². The molecule has 1 N–H and O–H groups in total. The first-order chi connectivity index (χ1) is 17.1. The monoisotopic (exact) mass is 484 g/mol. The second kappa shape index (κ2) is 7.74. The Morgan fingerprint density at radius 3 is 2.71 bits per heavy atom. The Morgan fingerprint density at radius 2 is 1.94 bits per heavy atom. The molecule has 1 aromatic carbocycles. The van der Waals surface area contributed by atoms with Crippen LogP contribution in [-0.2, 0) is 0 Å². The van der Waals surface area contributed by atoms with E-state index in [0.717, 1.165) is 39.8 Å². The molecule has 1 aliphatic heterocycles. The minimum atomic E-state index is -0.237. The van der Waals surface area contributed by atoms with E-state index in [2.05, 4.69) is 20.4 Å². The number of hydrogen-bond acceptors (Lipinski definition) is 8. The number of carbonyl (C=O) groups excluding carboxylic acids is 1. The Morgan fingerprint density at radius 1 is 1.11 bits per heavy atom. The summed E-state index contributed by atoms with van der Waals surface area (Å²) in [7, 11) is 0. The van der Waals surface area contributed by atoms with Crippen LogP contribution in [0.3, 0.4) is 0 Å². The largest absolute Gasteiger partial charge is 0.486 e. The van der Waals surface area contributed by atoms with Gasteiger partial charge in [-0.1, -0.05) is 17.4 Å². The van der Waals surface area contributed by atoms with Gasteiger partial charge in [-0.25, -0.2) is 15.0 Å². The van der Waals surface area contributed by atoms with Gasteiger partial charge in [0.25, 0.3) is 5.91 Å². The zero-order chi connectivity index (χ0) is 23.5. The molecule has 0 bridgehead atoms. The van der Waals surface area contributed by atoms with Crippen LogP contribution in [0, 0.1) is 6.92 Å². The molecule has 1 saturated carbocycles. The summed E-state index contributed by atoms with van der Waals surface area (Å²) in [5, 5.41) is 8.91. The van der Waals surface area contributed by atoms with Crippen LogP contribution in [0.4, 0.5) is 5.13 Å². The van der Waals surface area contributed by atoms with Crippen molar-refractivity contribution in [2.24, 2.45) is 0 Å². The highest BCUT2D eigenvalue weighted by molar-refractivity contribution is 7.22. The highest BCUT2D eigenvalue weighted by Crippen LogP contribution is 2.41. The lowest BCUT2D eigenvalue weighted by Crippen LogP contribution is -2.15. The van der Waals surface area contributed by atoms with Gasteiger partial charge in [-0.05, 0) is 38.0 Å². The molecule has 5 aromatic rings. The first-order valence-corrected chi connectivity index (χ1v) is 12.3. The van der Waals surface area contributed by atoms with Crippen LogP contribution in [0.15, 0.2) is 42.6 Å². The number of benzene rings is 1. The summed E-state index contributed by atoms with van der Waals surface area (Å²) in [4.78, 5) is 27.5. The summed E-state index contributed by atoms with van der Waals surface area (Å²) in [5.74, 6) is 2.17. The fourth-order valence-electron chi connectivity index (χ4n) is 4.40. The van der Waals surface area contributed by atoms with Crippen LogP contribution in [-0.4, -0.2) is 43.9 Å². The van der Waals surface area contributed by atoms with Crippen molar-refractivity contribution in [1.82, 2.24) is 24.7 Å². The van der Waals surface area contributed by atoms with Gasteiger partial charge in [0.15, 0.2) is 28.1 Å². The Kier molecular flexibility index (Phi) is 4.50. The number of amides is 1. The van der Waals surface area contributed by atoms with E-state index in [1.807, 2.05) is 43.3 Å². The highest BCUT2D eigenvalue weighted by atomic mass is 32.1. The lowest BCUT2D eigenvalue weighted by molar-refractivity contribution is 0.102. The molecule has 35 heavy (non-hydrogen) atoms. The standard InChI is InChI=1S/C25H20N6O3S/c1-13-22-15(10-16(14-5-6-14)27-23(22)31(30-13)21-4-2-3-7-26-21)24(32)29-25-28-17-11-18-19(12-20(17)35-25)34-9-8-33-18/h2-4,7,10-12,14H,5-6,8-9H2,1H3,(H,28,29,32). The van der Waals surface area contributed by atoms with Gasteiger partial charge in [0.1, 0.15) is 13.2 Å². The Balaban J connectivity index is 1.31. The number of carbonyl (C=O) groups is 1. The average molecular weight is 485 g/mol. The molecule has 0 radical (unpaired) electrons. The lowest BCUT2D eigenvalue weighted by Gasteiger charge is -2.17. The van der Waals surface area contributed by atoms with E-state index in [1.165, 1.54) is 11.3 Å². The van der Waals surface area contributed by atoms with Crippen molar-refractivity contribution in [1.29, 1.82) is 0 Å². The van der Waals surface area contributed by atoms with E-state index in [0.29, 0.717) is 52.8 Å². The number of thiazole rings is 1. The fourth-order valence-corrected chi connectivity index (χ4v) is 5.27. The van der Waals surface area contributed by atoms with Gasteiger partial charge < -0.3 is 9.47 Å². The van der Waals surface area contributed by atoms with E-state index in [9.17, 15) is 4.79 Å². The van der Waals surface area contributed by atoms with Gasteiger partial charge >= 0.3 is 0 Å². The molecule has 0 saturated heterocycles. The van der Waals surface area contributed by atoms with E-state index < -0.39 is 0 Å². The van der Waals surface area contributed by atoms with Crippen molar-refractivity contribution < 1.29 is 14.3 Å². The third-order valence-electron chi connectivity index (χ3n) is 6.21. The van der Waals surface area contributed by atoms with E-state index in [-0.39, 0.29) is 5.91 Å². The minimum Gasteiger partial charge on any atom is -0.486 e. The molecular weight excluding hydrogens is 464 g/mol. The van der Waals surface area contributed by atoms with Gasteiger partial charge in [0.05, 0.1) is 26.9 Å². The number of pyridine rings is 2. The molecule has 0 atom stereocenters. The molecule has 174 valence electrons. The molecule has 1 fully saturated rings. The molecule has 0 spiro atoms. The van der Waals surface area contributed by atoms with Crippen molar-refractivity contribution >= 4 is 43.6 Å². The van der Waals surface area contributed by atoms with Crippen molar-refractivity contribution in [2.45, 2.75) is 25.7 Å². The summed E-state index contributed by atoms with van der Waals surface area (Å²) in [6.07, 6.45) is 3.86. The molecule has 7 rings (SSSR count). The molecule has 10 heteroatoms. The normalized spacial score (nSPS) is 15.0. The molecule has 2 aliphatic rings.